The minimum atomic E-state index is -0.331. The number of aromatic nitrogens is 2. The van der Waals surface area contributed by atoms with Crippen molar-refractivity contribution in [3.05, 3.63) is 56.9 Å². The van der Waals surface area contributed by atoms with Crippen molar-refractivity contribution in [3.63, 3.8) is 0 Å². The number of carbonyl (C=O) groups excluding carboxylic acids is 1. The van der Waals surface area contributed by atoms with Crippen LogP contribution in [0.15, 0.2) is 30.1 Å². The first kappa shape index (κ1) is 19.7. The molecular formula is C22H27N5O2S. The summed E-state index contributed by atoms with van der Waals surface area (Å²) in [4.78, 5) is 22.8. The van der Waals surface area contributed by atoms with Gasteiger partial charge in [-0.3, -0.25) is 14.8 Å². The molecule has 3 heterocycles. The van der Waals surface area contributed by atoms with Gasteiger partial charge in [0.1, 0.15) is 16.9 Å². The Morgan fingerprint density at radius 2 is 2.27 bits per heavy atom. The molecule has 30 heavy (non-hydrogen) atoms. The van der Waals surface area contributed by atoms with Crippen molar-refractivity contribution >= 4 is 17.2 Å². The highest BCUT2D eigenvalue weighted by atomic mass is 32.1. The van der Waals surface area contributed by atoms with Crippen LogP contribution in [0.4, 0.5) is 0 Å². The molecule has 1 aliphatic heterocycles. The third-order valence-corrected chi connectivity index (χ3v) is 6.93. The second kappa shape index (κ2) is 8.09. The summed E-state index contributed by atoms with van der Waals surface area (Å²) in [6.45, 7) is 3.21. The molecule has 2 aliphatic carbocycles. The number of pyridine rings is 1. The van der Waals surface area contributed by atoms with E-state index in [1.165, 1.54) is 34.8 Å². The Morgan fingerprint density at radius 1 is 1.37 bits per heavy atom. The van der Waals surface area contributed by atoms with Gasteiger partial charge in [0.2, 0.25) is 0 Å². The number of nitrogens with zero attached hydrogens (tertiary/aromatic N) is 3. The van der Waals surface area contributed by atoms with Crippen LogP contribution >= 0.6 is 11.3 Å². The zero-order valence-electron chi connectivity index (χ0n) is 17.4. The molecule has 8 heteroatoms. The first-order valence-electron chi connectivity index (χ1n) is 10.6. The van der Waals surface area contributed by atoms with Gasteiger partial charge in [-0.15, -0.1) is 11.3 Å². The van der Waals surface area contributed by atoms with Crippen molar-refractivity contribution < 1.29 is 9.53 Å². The molecule has 7 nitrogen and oxygen atoms in total. The van der Waals surface area contributed by atoms with Crippen LogP contribution in [0.5, 0.6) is 0 Å². The van der Waals surface area contributed by atoms with E-state index in [-0.39, 0.29) is 12.1 Å². The minimum Gasteiger partial charge on any atom is -0.374 e. The first-order valence-corrected chi connectivity index (χ1v) is 11.4. The van der Waals surface area contributed by atoms with E-state index in [9.17, 15) is 4.79 Å². The van der Waals surface area contributed by atoms with E-state index in [1.54, 1.807) is 18.4 Å². The van der Waals surface area contributed by atoms with Gasteiger partial charge in [-0.05, 0) is 56.2 Å². The fraction of sp³-hybridized carbons (Fsp3) is 0.500. The lowest BCUT2D eigenvalue weighted by Gasteiger charge is -2.30. The molecule has 2 unspecified atom stereocenters. The average molecular weight is 426 g/mol. The van der Waals surface area contributed by atoms with E-state index < -0.39 is 0 Å². The zero-order valence-corrected chi connectivity index (χ0v) is 18.2. The van der Waals surface area contributed by atoms with Crippen LogP contribution in [0.25, 0.3) is 0 Å². The largest absolute Gasteiger partial charge is 0.374 e. The van der Waals surface area contributed by atoms with Gasteiger partial charge in [0.05, 0.1) is 13.2 Å². The maximum atomic E-state index is 12.4. The summed E-state index contributed by atoms with van der Waals surface area (Å²) < 4.78 is 6.09. The normalized spacial score (nSPS) is 25.3. The van der Waals surface area contributed by atoms with Gasteiger partial charge in [0.15, 0.2) is 0 Å². The maximum absolute atomic E-state index is 12.4. The summed E-state index contributed by atoms with van der Waals surface area (Å²) in [5, 5.41) is 5.65. The monoisotopic (exact) mass is 425 g/mol. The van der Waals surface area contributed by atoms with Gasteiger partial charge in [0, 0.05) is 35.4 Å². The Morgan fingerprint density at radius 3 is 3.10 bits per heavy atom. The van der Waals surface area contributed by atoms with Crippen LogP contribution in [0.3, 0.4) is 0 Å². The highest BCUT2D eigenvalue weighted by Gasteiger charge is 2.40. The number of carbonyl (C=O) groups is 1. The quantitative estimate of drug-likeness (QED) is 0.709. The maximum Gasteiger partial charge on any atom is 0.283 e. The molecule has 1 amide bonds. The number of rotatable bonds is 7. The van der Waals surface area contributed by atoms with E-state index >= 15 is 0 Å². The van der Waals surface area contributed by atoms with E-state index in [1.807, 2.05) is 19.2 Å². The lowest BCUT2D eigenvalue weighted by atomic mass is 10.1. The number of thiazole rings is 1. The van der Waals surface area contributed by atoms with E-state index in [0.717, 1.165) is 22.7 Å². The van der Waals surface area contributed by atoms with Crippen LogP contribution in [0, 0.1) is 12.8 Å². The lowest BCUT2D eigenvalue weighted by Crippen LogP contribution is -2.52. The number of ether oxygens (including phenoxy) is 1. The summed E-state index contributed by atoms with van der Waals surface area (Å²) in [7, 11) is 1.72. The van der Waals surface area contributed by atoms with E-state index in [0.29, 0.717) is 30.7 Å². The molecule has 1 saturated carbocycles. The van der Waals surface area contributed by atoms with Crippen LogP contribution in [0.1, 0.15) is 45.6 Å². The van der Waals surface area contributed by atoms with Gasteiger partial charge in [-0.25, -0.2) is 4.98 Å². The number of hydrogen-bond donors (Lipinski definition) is 2. The topological polar surface area (TPSA) is 79.4 Å². The molecule has 5 rings (SSSR count). The SMILES string of the molecule is Cc1cnc(CNC2=CC(OCC3C[C@H]3c3ccc4c(n3)CCC4)NN(C)C2=O)s1. The average Bonchev–Trinajstić information content (AvgIpc) is 3.14. The number of fused-ring (bicyclic) bond motifs is 1. The predicted octanol–water partition coefficient (Wildman–Crippen LogP) is 2.43. The Balaban J connectivity index is 1.16. The molecule has 1 fully saturated rings. The van der Waals surface area contributed by atoms with Crippen LogP contribution in [-0.4, -0.2) is 40.8 Å². The lowest BCUT2D eigenvalue weighted by molar-refractivity contribution is -0.134. The number of aryl methyl sites for hydroxylation is 3. The summed E-state index contributed by atoms with van der Waals surface area (Å²) >= 11 is 1.63. The van der Waals surface area contributed by atoms with Gasteiger partial charge in [-0.2, -0.15) is 5.43 Å². The van der Waals surface area contributed by atoms with Crippen molar-refractivity contribution in [3.8, 4) is 0 Å². The molecule has 0 radical (unpaired) electrons. The molecular weight excluding hydrogens is 398 g/mol. The summed E-state index contributed by atoms with van der Waals surface area (Å²) in [5.74, 6) is 0.883. The Labute approximate surface area is 180 Å². The Kier molecular flexibility index (Phi) is 5.30. The number of hydrogen-bond acceptors (Lipinski definition) is 7. The first-order chi connectivity index (χ1) is 14.6. The van der Waals surface area contributed by atoms with Crippen molar-refractivity contribution in [1.82, 2.24) is 25.7 Å². The zero-order chi connectivity index (χ0) is 20.7. The van der Waals surface area contributed by atoms with Crippen molar-refractivity contribution in [2.45, 2.75) is 51.3 Å². The molecule has 0 aromatic carbocycles. The van der Waals surface area contributed by atoms with Crippen molar-refractivity contribution in [1.29, 1.82) is 0 Å². The standard InChI is InChI=1S/C22H27N5O2S/c1-13-10-24-21(30-13)11-23-19-9-20(26-27(2)22(19)28)29-12-15-8-16(15)18-7-6-14-4-3-5-17(14)25-18/h6-7,9-10,15-16,20,23,26H,3-5,8,11-12H2,1-2H3/t15?,16-,20?/m1/s1. The van der Waals surface area contributed by atoms with Gasteiger partial charge in [0.25, 0.3) is 5.91 Å². The second-order valence-corrected chi connectivity index (χ2v) is 9.66. The molecule has 2 aromatic heterocycles. The summed E-state index contributed by atoms with van der Waals surface area (Å²) in [6.07, 6.45) is 7.98. The second-order valence-electron chi connectivity index (χ2n) is 8.34. The highest BCUT2D eigenvalue weighted by molar-refractivity contribution is 7.11. The predicted molar refractivity (Wildman–Crippen MR) is 115 cm³/mol. The Hall–Kier alpha value is -2.29. The van der Waals surface area contributed by atoms with Gasteiger partial charge >= 0.3 is 0 Å². The Bertz CT molecular complexity index is 988. The minimum absolute atomic E-state index is 0.102. The number of amides is 1. The van der Waals surface area contributed by atoms with Crippen LogP contribution in [-0.2, 0) is 28.9 Å². The molecule has 2 aromatic rings. The highest BCUT2D eigenvalue weighted by Crippen LogP contribution is 2.47. The molecule has 3 atom stereocenters. The molecule has 0 saturated heterocycles. The van der Waals surface area contributed by atoms with E-state index in [4.69, 9.17) is 9.72 Å². The number of likely N-dealkylation sites (N-methyl/N-ethyl adjacent to an activating group) is 1. The number of hydrazine groups is 1. The smallest absolute Gasteiger partial charge is 0.283 e. The summed E-state index contributed by atoms with van der Waals surface area (Å²) in [6, 6.07) is 4.46. The third kappa shape index (κ3) is 4.12. The van der Waals surface area contributed by atoms with Gasteiger partial charge in [-0.1, -0.05) is 6.07 Å². The fourth-order valence-electron chi connectivity index (χ4n) is 4.23. The third-order valence-electron chi connectivity index (χ3n) is 6.02. The van der Waals surface area contributed by atoms with Crippen molar-refractivity contribution in [2.24, 2.45) is 5.92 Å². The van der Waals surface area contributed by atoms with Crippen LogP contribution < -0.4 is 10.7 Å². The molecule has 0 spiro atoms. The fourth-order valence-corrected chi connectivity index (χ4v) is 4.96. The number of nitrogens with one attached hydrogen (secondary N) is 2. The van der Waals surface area contributed by atoms with E-state index in [2.05, 4.69) is 27.9 Å². The molecule has 2 N–H and O–H groups in total. The van der Waals surface area contributed by atoms with Gasteiger partial charge < -0.3 is 10.1 Å². The molecule has 0 bridgehead atoms. The van der Waals surface area contributed by atoms with Crippen molar-refractivity contribution in [2.75, 3.05) is 13.7 Å². The van der Waals surface area contributed by atoms with Crippen LogP contribution in [0.2, 0.25) is 0 Å². The molecule has 3 aliphatic rings. The molecule has 158 valence electrons. The summed E-state index contributed by atoms with van der Waals surface area (Å²) in [5.41, 5.74) is 7.56.